The SMILES string of the molecule is O=C(O)CNC(=O)CNC(=O)c1cc(F)c(F)c(F)c1F. The summed E-state index contributed by atoms with van der Waals surface area (Å²) in [7, 11) is 0. The van der Waals surface area contributed by atoms with Gasteiger partial charge in [-0.05, 0) is 6.07 Å². The largest absolute Gasteiger partial charge is 0.480 e. The first-order valence-corrected chi connectivity index (χ1v) is 5.33. The zero-order valence-electron chi connectivity index (χ0n) is 10.2. The number of carbonyl (C=O) groups excluding carboxylic acids is 2. The molecule has 0 aliphatic heterocycles. The molecule has 1 rings (SSSR count). The van der Waals surface area contributed by atoms with Gasteiger partial charge in [-0.15, -0.1) is 0 Å². The van der Waals surface area contributed by atoms with Crippen molar-refractivity contribution >= 4 is 17.8 Å². The molecule has 0 unspecified atom stereocenters. The van der Waals surface area contributed by atoms with Crippen LogP contribution < -0.4 is 10.6 Å². The number of carboxylic acids is 1. The van der Waals surface area contributed by atoms with Crippen LogP contribution in [0, 0.1) is 23.3 Å². The molecule has 0 spiro atoms. The van der Waals surface area contributed by atoms with E-state index in [1.54, 1.807) is 5.32 Å². The summed E-state index contributed by atoms with van der Waals surface area (Å²) in [6.45, 7) is -1.46. The van der Waals surface area contributed by atoms with E-state index in [4.69, 9.17) is 5.11 Å². The molecule has 6 nitrogen and oxygen atoms in total. The van der Waals surface area contributed by atoms with Crippen molar-refractivity contribution in [1.29, 1.82) is 0 Å². The van der Waals surface area contributed by atoms with E-state index in [0.29, 0.717) is 0 Å². The Labute approximate surface area is 114 Å². The van der Waals surface area contributed by atoms with Crippen molar-refractivity contribution in [3.05, 3.63) is 34.9 Å². The molecule has 0 fully saturated rings. The quantitative estimate of drug-likeness (QED) is 0.410. The predicted octanol–water partition coefficient (Wildman–Crippen LogP) is 0.174. The van der Waals surface area contributed by atoms with E-state index in [-0.39, 0.29) is 6.07 Å². The molecule has 0 saturated carbocycles. The summed E-state index contributed by atoms with van der Waals surface area (Å²) >= 11 is 0. The summed E-state index contributed by atoms with van der Waals surface area (Å²) in [6.07, 6.45) is 0. The van der Waals surface area contributed by atoms with Crippen molar-refractivity contribution in [3.63, 3.8) is 0 Å². The Morgan fingerprint density at radius 1 is 0.952 bits per heavy atom. The molecule has 0 atom stereocenters. The summed E-state index contributed by atoms with van der Waals surface area (Å²) in [6, 6.07) is 0.137. The standard InChI is InChI=1S/C11H8F4N2O4/c12-5-1-4(8(13)10(15)9(5)14)11(21)17-2-6(18)16-3-7(19)20/h1H,2-3H2,(H,16,18)(H,17,21)(H,19,20). The Hall–Kier alpha value is -2.65. The highest BCUT2D eigenvalue weighted by molar-refractivity contribution is 5.97. The minimum Gasteiger partial charge on any atom is -0.480 e. The number of hydrogen-bond donors (Lipinski definition) is 3. The summed E-state index contributed by atoms with van der Waals surface area (Å²) in [5, 5.41) is 11.9. The molecule has 0 bridgehead atoms. The summed E-state index contributed by atoms with van der Waals surface area (Å²) in [5.41, 5.74) is -1.13. The number of benzene rings is 1. The Kier molecular flexibility index (Phi) is 5.22. The van der Waals surface area contributed by atoms with E-state index < -0.39 is 59.7 Å². The smallest absolute Gasteiger partial charge is 0.322 e. The van der Waals surface area contributed by atoms with Crippen LogP contribution in [0.5, 0.6) is 0 Å². The molecule has 0 saturated heterocycles. The number of aliphatic carboxylic acids is 1. The van der Waals surface area contributed by atoms with Gasteiger partial charge in [0.05, 0.1) is 12.1 Å². The lowest BCUT2D eigenvalue weighted by Crippen LogP contribution is -2.39. The Morgan fingerprint density at radius 2 is 1.57 bits per heavy atom. The van der Waals surface area contributed by atoms with E-state index in [0.717, 1.165) is 0 Å². The second-order valence-corrected chi connectivity index (χ2v) is 3.70. The van der Waals surface area contributed by atoms with Crippen molar-refractivity contribution in [2.24, 2.45) is 0 Å². The minimum absolute atomic E-state index is 0.137. The van der Waals surface area contributed by atoms with E-state index in [2.05, 4.69) is 0 Å². The molecule has 0 radical (unpaired) electrons. The highest BCUT2D eigenvalue weighted by Crippen LogP contribution is 2.18. The van der Waals surface area contributed by atoms with E-state index >= 15 is 0 Å². The summed E-state index contributed by atoms with van der Waals surface area (Å²) < 4.78 is 51.7. The zero-order chi connectivity index (χ0) is 16.2. The van der Waals surface area contributed by atoms with Gasteiger partial charge in [0, 0.05) is 0 Å². The molecular formula is C11H8F4N2O4. The van der Waals surface area contributed by atoms with Gasteiger partial charge in [-0.1, -0.05) is 0 Å². The molecular weight excluding hydrogens is 300 g/mol. The molecule has 1 aromatic carbocycles. The number of hydrogen-bond acceptors (Lipinski definition) is 3. The minimum atomic E-state index is -2.16. The molecule has 10 heteroatoms. The lowest BCUT2D eigenvalue weighted by molar-refractivity contribution is -0.137. The van der Waals surface area contributed by atoms with Gasteiger partial charge in [0.15, 0.2) is 23.3 Å². The van der Waals surface area contributed by atoms with Crippen LogP contribution in [0.3, 0.4) is 0 Å². The molecule has 0 heterocycles. The van der Waals surface area contributed by atoms with Gasteiger partial charge in [0.25, 0.3) is 5.91 Å². The number of rotatable bonds is 5. The Balaban J connectivity index is 2.73. The van der Waals surface area contributed by atoms with Crippen LogP contribution in [0.4, 0.5) is 17.6 Å². The fourth-order valence-electron chi connectivity index (χ4n) is 1.23. The van der Waals surface area contributed by atoms with E-state index in [9.17, 15) is 31.9 Å². The van der Waals surface area contributed by atoms with E-state index in [1.165, 1.54) is 0 Å². The molecule has 114 valence electrons. The maximum absolute atomic E-state index is 13.3. The molecule has 21 heavy (non-hydrogen) atoms. The number of amides is 2. The maximum atomic E-state index is 13.3. The first-order valence-electron chi connectivity index (χ1n) is 5.33. The number of carboxylic acid groups (broad SMARTS) is 1. The van der Waals surface area contributed by atoms with Gasteiger partial charge in [0.2, 0.25) is 5.91 Å². The molecule has 0 aromatic heterocycles. The van der Waals surface area contributed by atoms with Crippen molar-refractivity contribution in [1.82, 2.24) is 10.6 Å². The molecule has 0 aliphatic rings. The van der Waals surface area contributed by atoms with Crippen molar-refractivity contribution in [2.45, 2.75) is 0 Å². The summed E-state index contributed by atoms with van der Waals surface area (Å²) in [5.74, 6) is -11.5. The topological polar surface area (TPSA) is 95.5 Å². The lowest BCUT2D eigenvalue weighted by Gasteiger charge is -2.07. The zero-order valence-corrected chi connectivity index (χ0v) is 10.2. The van der Waals surface area contributed by atoms with Crippen LogP contribution >= 0.6 is 0 Å². The van der Waals surface area contributed by atoms with Crippen LogP contribution in [-0.2, 0) is 9.59 Å². The first-order chi connectivity index (χ1) is 9.73. The monoisotopic (exact) mass is 308 g/mol. The lowest BCUT2D eigenvalue weighted by atomic mass is 10.1. The second kappa shape index (κ2) is 6.68. The van der Waals surface area contributed by atoms with Crippen molar-refractivity contribution in [3.8, 4) is 0 Å². The molecule has 1 aromatic rings. The van der Waals surface area contributed by atoms with Gasteiger partial charge in [-0.25, -0.2) is 17.6 Å². The average Bonchev–Trinajstić information content (AvgIpc) is 2.44. The van der Waals surface area contributed by atoms with Gasteiger partial charge < -0.3 is 15.7 Å². The predicted molar refractivity (Wildman–Crippen MR) is 59.3 cm³/mol. The normalized spacial score (nSPS) is 10.1. The van der Waals surface area contributed by atoms with Crippen LogP contribution in [-0.4, -0.2) is 36.0 Å². The third kappa shape index (κ3) is 4.16. The highest BCUT2D eigenvalue weighted by atomic mass is 19.2. The Morgan fingerprint density at radius 3 is 2.14 bits per heavy atom. The number of nitrogens with one attached hydrogen (secondary N) is 2. The van der Waals surface area contributed by atoms with Gasteiger partial charge in [0.1, 0.15) is 6.54 Å². The highest BCUT2D eigenvalue weighted by Gasteiger charge is 2.23. The fraction of sp³-hybridized carbons (Fsp3) is 0.182. The van der Waals surface area contributed by atoms with Crippen molar-refractivity contribution < 1.29 is 37.1 Å². The molecule has 3 N–H and O–H groups in total. The Bertz CT molecular complexity index is 606. The van der Waals surface area contributed by atoms with Gasteiger partial charge in [-0.3, -0.25) is 14.4 Å². The first kappa shape index (κ1) is 16.4. The van der Waals surface area contributed by atoms with Crippen LogP contribution in [0.1, 0.15) is 10.4 Å². The fourth-order valence-corrected chi connectivity index (χ4v) is 1.23. The number of halogens is 4. The third-order valence-electron chi connectivity index (χ3n) is 2.19. The second-order valence-electron chi connectivity index (χ2n) is 3.70. The van der Waals surface area contributed by atoms with Crippen LogP contribution in [0.15, 0.2) is 6.07 Å². The maximum Gasteiger partial charge on any atom is 0.322 e. The van der Waals surface area contributed by atoms with Crippen LogP contribution in [0.2, 0.25) is 0 Å². The third-order valence-corrected chi connectivity index (χ3v) is 2.19. The number of carbonyl (C=O) groups is 3. The summed E-state index contributed by atoms with van der Waals surface area (Å²) in [4.78, 5) is 32.6. The molecule has 2 amide bonds. The van der Waals surface area contributed by atoms with E-state index in [1.807, 2.05) is 5.32 Å². The molecule has 0 aliphatic carbocycles. The van der Waals surface area contributed by atoms with Crippen LogP contribution in [0.25, 0.3) is 0 Å². The average molecular weight is 308 g/mol. The van der Waals surface area contributed by atoms with Gasteiger partial charge >= 0.3 is 5.97 Å². The van der Waals surface area contributed by atoms with Crippen molar-refractivity contribution in [2.75, 3.05) is 13.1 Å². The van der Waals surface area contributed by atoms with Gasteiger partial charge in [-0.2, -0.15) is 0 Å².